The van der Waals surface area contributed by atoms with Crippen LogP contribution in [0.25, 0.3) is 6.08 Å². The van der Waals surface area contributed by atoms with Crippen LogP contribution >= 0.6 is 0 Å². The fourth-order valence-corrected chi connectivity index (χ4v) is 3.02. The van der Waals surface area contributed by atoms with Gasteiger partial charge in [0, 0.05) is 11.3 Å². The van der Waals surface area contributed by atoms with Crippen molar-refractivity contribution in [2.45, 2.75) is 6.54 Å². The zero-order valence-corrected chi connectivity index (χ0v) is 13.9. The first-order chi connectivity index (χ1) is 12.2. The highest BCUT2D eigenvalue weighted by atomic mass is 16.6. The minimum Gasteiger partial charge on any atom is -0.497 e. The maximum Gasteiger partial charge on any atom is 0.414 e. The number of hydrogen-bond donors (Lipinski definition) is 0. The number of carbonyl (C=O) groups excluding carboxylic acids is 1. The van der Waals surface area contributed by atoms with Crippen molar-refractivity contribution < 1.29 is 14.3 Å². The number of nitrogens with zero attached hydrogens (tertiary/aromatic N) is 2. The van der Waals surface area contributed by atoms with Crippen molar-refractivity contribution in [1.82, 2.24) is 0 Å². The third-order valence-electron chi connectivity index (χ3n) is 4.41. The second-order valence-electron chi connectivity index (χ2n) is 5.92. The van der Waals surface area contributed by atoms with Gasteiger partial charge >= 0.3 is 6.09 Å². The van der Waals surface area contributed by atoms with Gasteiger partial charge in [-0.2, -0.15) is 0 Å². The second kappa shape index (κ2) is 6.43. The number of ether oxygens (including phenoxy) is 2. The average Bonchev–Trinajstić information content (AvgIpc) is 3.26. The quantitative estimate of drug-likeness (QED) is 0.857. The largest absolute Gasteiger partial charge is 0.497 e. The lowest BCUT2D eigenvalue weighted by Crippen LogP contribution is -2.23. The van der Waals surface area contributed by atoms with Crippen molar-refractivity contribution in [1.29, 1.82) is 0 Å². The Bertz CT molecular complexity index is 869. The van der Waals surface area contributed by atoms with Crippen molar-refractivity contribution in [3.05, 3.63) is 65.2 Å². The van der Waals surface area contributed by atoms with E-state index in [-0.39, 0.29) is 6.09 Å². The Balaban J connectivity index is 1.57. The van der Waals surface area contributed by atoms with Crippen LogP contribution in [0.5, 0.6) is 5.75 Å². The minimum absolute atomic E-state index is 0.287. The van der Waals surface area contributed by atoms with Gasteiger partial charge in [-0.3, -0.25) is 9.89 Å². The Morgan fingerprint density at radius 3 is 2.72 bits per heavy atom. The molecule has 1 saturated heterocycles. The van der Waals surface area contributed by atoms with E-state index in [2.05, 4.69) is 4.99 Å². The molecule has 2 heterocycles. The van der Waals surface area contributed by atoms with Crippen LogP contribution in [0.4, 0.5) is 10.5 Å². The Morgan fingerprint density at radius 2 is 2.00 bits per heavy atom. The van der Waals surface area contributed by atoms with Gasteiger partial charge in [0.1, 0.15) is 12.4 Å². The first-order valence-corrected chi connectivity index (χ1v) is 8.19. The summed E-state index contributed by atoms with van der Waals surface area (Å²) in [6, 6.07) is 13.9. The van der Waals surface area contributed by atoms with Crippen molar-refractivity contribution in [3.8, 4) is 5.75 Å². The number of anilines is 1. The Kier molecular flexibility index (Phi) is 3.98. The topological polar surface area (TPSA) is 51.1 Å². The van der Waals surface area contributed by atoms with Gasteiger partial charge in [0.15, 0.2) is 0 Å². The number of aliphatic imine (C=N–C) groups is 1. The molecule has 1 amide bonds. The molecule has 2 aromatic rings. The highest BCUT2D eigenvalue weighted by Crippen LogP contribution is 2.27. The summed E-state index contributed by atoms with van der Waals surface area (Å²) in [6.45, 7) is 1.70. The van der Waals surface area contributed by atoms with Crippen LogP contribution in [-0.2, 0) is 11.3 Å². The highest BCUT2D eigenvalue weighted by molar-refractivity contribution is 6.13. The molecule has 2 aromatic carbocycles. The summed E-state index contributed by atoms with van der Waals surface area (Å²) in [6.07, 6.45) is 3.76. The number of fused-ring (bicyclic) bond motifs is 1. The summed E-state index contributed by atoms with van der Waals surface area (Å²) < 4.78 is 10.2. The Labute approximate surface area is 146 Å². The maximum absolute atomic E-state index is 11.8. The summed E-state index contributed by atoms with van der Waals surface area (Å²) in [4.78, 5) is 18.0. The fourth-order valence-electron chi connectivity index (χ4n) is 3.02. The fraction of sp³-hybridized carbons (Fsp3) is 0.200. The summed E-state index contributed by atoms with van der Waals surface area (Å²) in [5, 5.41) is 0. The Hall–Kier alpha value is -3.08. The molecular formula is C20H18N2O3. The lowest BCUT2D eigenvalue weighted by atomic mass is 10.0. The summed E-state index contributed by atoms with van der Waals surface area (Å²) >= 11 is 0. The van der Waals surface area contributed by atoms with Crippen LogP contribution < -0.4 is 9.64 Å². The van der Waals surface area contributed by atoms with Gasteiger partial charge in [-0.05, 0) is 41.5 Å². The standard InChI is InChI=1S/C20H18N2O3/c1-24-17-7-2-14(3-8-17)4-9-19-18-12-16(6-5-15(18)13-21-19)22-10-11-25-20(22)23/h2-9,12H,10-11,13H2,1H3/b9-4+. The van der Waals surface area contributed by atoms with Crippen LogP contribution in [0.2, 0.25) is 0 Å². The van der Waals surface area contributed by atoms with Gasteiger partial charge < -0.3 is 9.47 Å². The number of carbonyl (C=O) groups is 1. The van der Waals surface area contributed by atoms with Gasteiger partial charge in [0.2, 0.25) is 0 Å². The molecule has 0 atom stereocenters. The SMILES string of the molecule is COc1ccc(/C=C/C2=NCc3ccc(N4CCOC4=O)cc32)cc1. The molecule has 25 heavy (non-hydrogen) atoms. The number of benzene rings is 2. The number of hydrogen-bond acceptors (Lipinski definition) is 4. The molecule has 0 saturated carbocycles. The smallest absolute Gasteiger partial charge is 0.414 e. The van der Waals surface area contributed by atoms with E-state index < -0.39 is 0 Å². The molecule has 4 rings (SSSR count). The predicted molar refractivity (Wildman–Crippen MR) is 97.4 cm³/mol. The van der Waals surface area contributed by atoms with E-state index in [4.69, 9.17) is 9.47 Å². The zero-order chi connectivity index (χ0) is 17.2. The number of methoxy groups -OCH3 is 1. The van der Waals surface area contributed by atoms with E-state index in [1.54, 1.807) is 12.0 Å². The summed E-state index contributed by atoms with van der Waals surface area (Å²) in [5.74, 6) is 0.836. The average molecular weight is 334 g/mol. The van der Waals surface area contributed by atoms with Crippen molar-refractivity contribution in [2.24, 2.45) is 4.99 Å². The van der Waals surface area contributed by atoms with E-state index >= 15 is 0 Å². The number of cyclic esters (lactones) is 1. The van der Waals surface area contributed by atoms with Crippen molar-refractivity contribution >= 4 is 23.6 Å². The van der Waals surface area contributed by atoms with E-state index in [1.165, 1.54) is 5.56 Å². The van der Waals surface area contributed by atoms with Crippen molar-refractivity contribution in [3.63, 3.8) is 0 Å². The molecule has 5 heteroatoms. The second-order valence-corrected chi connectivity index (χ2v) is 5.92. The minimum atomic E-state index is -0.287. The lowest BCUT2D eigenvalue weighted by Gasteiger charge is -2.14. The zero-order valence-electron chi connectivity index (χ0n) is 13.9. The molecule has 2 aliphatic heterocycles. The summed E-state index contributed by atoms with van der Waals surface area (Å²) in [5.41, 5.74) is 5.11. The molecule has 0 aliphatic carbocycles. The first-order valence-electron chi connectivity index (χ1n) is 8.19. The normalized spacial score (nSPS) is 16.1. The van der Waals surface area contributed by atoms with E-state index in [0.717, 1.165) is 28.3 Å². The Morgan fingerprint density at radius 1 is 1.16 bits per heavy atom. The predicted octanol–water partition coefficient (Wildman–Crippen LogP) is 3.67. The van der Waals surface area contributed by atoms with E-state index in [0.29, 0.717) is 19.7 Å². The first kappa shape index (κ1) is 15.4. The van der Waals surface area contributed by atoms with Crippen LogP contribution in [0.1, 0.15) is 16.7 Å². The van der Waals surface area contributed by atoms with Crippen LogP contribution in [0.3, 0.4) is 0 Å². The van der Waals surface area contributed by atoms with Crippen LogP contribution in [0.15, 0.2) is 53.5 Å². The molecule has 0 aromatic heterocycles. The number of rotatable bonds is 4. The van der Waals surface area contributed by atoms with Crippen molar-refractivity contribution in [2.75, 3.05) is 25.2 Å². The number of allylic oxidation sites excluding steroid dienone is 1. The monoisotopic (exact) mass is 334 g/mol. The molecule has 1 fully saturated rings. The lowest BCUT2D eigenvalue weighted by molar-refractivity contribution is 0.181. The molecular weight excluding hydrogens is 316 g/mol. The van der Waals surface area contributed by atoms with Gasteiger partial charge in [-0.1, -0.05) is 24.3 Å². The molecule has 0 unspecified atom stereocenters. The van der Waals surface area contributed by atoms with Crippen LogP contribution in [-0.4, -0.2) is 32.1 Å². The molecule has 0 spiro atoms. The summed E-state index contributed by atoms with van der Waals surface area (Å²) in [7, 11) is 1.66. The van der Waals surface area contributed by atoms with E-state index in [1.807, 2.05) is 54.6 Å². The molecule has 0 N–H and O–H groups in total. The van der Waals surface area contributed by atoms with E-state index in [9.17, 15) is 4.79 Å². The third kappa shape index (κ3) is 3.01. The number of amides is 1. The van der Waals surface area contributed by atoms with Gasteiger partial charge in [-0.15, -0.1) is 0 Å². The van der Waals surface area contributed by atoms with Crippen LogP contribution in [0, 0.1) is 0 Å². The molecule has 0 bridgehead atoms. The maximum atomic E-state index is 11.8. The molecule has 5 nitrogen and oxygen atoms in total. The third-order valence-corrected chi connectivity index (χ3v) is 4.41. The van der Waals surface area contributed by atoms with Gasteiger partial charge in [0.25, 0.3) is 0 Å². The van der Waals surface area contributed by atoms with Gasteiger partial charge in [-0.25, -0.2) is 4.79 Å². The highest BCUT2D eigenvalue weighted by Gasteiger charge is 2.25. The van der Waals surface area contributed by atoms with Gasteiger partial charge in [0.05, 0.1) is 25.9 Å². The molecule has 2 aliphatic rings. The molecule has 126 valence electrons. The molecule has 0 radical (unpaired) electrons.